The number of nitrogens with zero attached hydrogens (tertiary/aromatic N) is 9. The van der Waals surface area contributed by atoms with Gasteiger partial charge in [-0.2, -0.15) is 0 Å². The molecule has 3 N–H and O–H groups in total. The zero-order valence-corrected chi connectivity index (χ0v) is 49.7. The molecule has 13 rings (SSSR count). The summed E-state index contributed by atoms with van der Waals surface area (Å²) in [5.41, 5.74) is 14.9. The number of aromatic nitrogens is 6. The maximum absolute atomic E-state index is 14.2. The predicted octanol–water partition coefficient (Wildman–Crippen LogP) is 11.0. The molecule has 2 unspecified atom stereocenters. The Labute approximate surface area is 507 Å². The van der Waals surface area contributed by atoms with Crippen molar-refractivity contribution in [1.29, 1.82) is 0 Å². The van der Waals surface area contributed by atoms with Gasteiger partial charge in [-0.3, -0.25) is 34.3 Å². The van der Waals surface area contributed by atoms with Gasteiger partial charge in [-0.15, -0.1) is 0 Å². The standard InChI is InChI=1S/C37H41ClN6O3.C30H31ClN6O/c1-25-21-42(24-40-25)22-26-7-5-9-30(19-26)41-36(45)33-23-43(17-18-44(33)37(46)47-31-10-3-2-4-11-31)35-32-15-14-29(38)20-28(32)13-12-27-8-6-16-39-34(27)35;1-20-16-36(19-34-20)17-21-4-2-6-25(14-21)35-30(38)27-18-37(13-12-32-27)29-26-10-9-24(31)15-23(26)8-7-22-5-3-11-33-28(22)29/h5-9,14-16,19-21,24,31,33,35H,2-4,10-13,17-18,22-23H2,1H3,(H,41,45);2-6,9-11,14-16,19,27,29,32H,7-8,12-13,17-18H2,1H3,(H,35,38)/t33?,35-;27?,29-/m11/s1. The molecule has 0 radical (unpaired) electrons. The molecule has 2 aliphatic heterocycles. The Bertz CT molecular complexity index is 3690. The number of benzene rings is 4. The summed E-state index contributed by atoms with van der Waals surface area (Å²) in [5.74, 6) is -0.270. The largest absolute Gasteiger partial charge is 0.446 e. The van der Waals surface area contributed by atoms with E-state index >= 15 is 0 Å². The van der Waals surface area contributed by atoms with Gasteiger partial charge in [0.1, 0.15) is 12.1 Å². The number of ether oxygens (including phenoxy) is 1. The van der Waals surface area contributed by atoms with Gasteiger partial charge in [0.2, 0.25) is 11.8 Å². The van der Waals surface area contributed by atoms with Crippen molar-refractivity contribution in [3.63, 3.8) is 0 Å². The van der Waals surface area contributed by atoms with Crippen molar-refractivity contribution < 1.29 is 19.1 Å². The van der Waals surface area contributed by atoms with Crippen LogP contribution in [-0.4, -0.2) is 119 Å². The van der Waals surface area contributed by atoms with Crippen LogP contribution in [0.25, 0.3) is 0 Å². The third kappa shape index (κ3) is 13.7. The number of hydrogen-bond donors (Lipinski definition) is 3. The van der Waals surface area contributed by atoms with Gasteiger partial charge in [-0.1, -0.05) is 78.2 Å². The van der Waals surface area contributed by atoms with Crippen molar-refractivity contribution >= 4 is 52.5 Å². The van der Waals surface area contributed by atoms with Gasteiger partial charge in [0.25, 0.3) is 0 Å². The van der Waals surface area contributed by atoms with Crippen LogP contribution < -0.4 is 16.0 Å². The molecule has 0 bridgehead atoms. The smallest absolute Gasteiger partial charge is 0.410 e. The molecule has 18 heteroatoms. The van der Waals surface area contributed by atoms with Gasteiger partial charge in [0.05, 0.1) is 53.6 Å². The zero-order valence-electron chi connectivity index (χ0n) is 48.2. The van der Waals surface area contributed by atoms with Gasteiger partial charge in [0, 0.05) is 98.6 Å². The summed E-state index contributed by atoms with van der Waals surface area (Å²) in [4.78, 5) is 66.1. The number of fused-ring (bicyclic) bond motifs is 4. The maximum atomic E-state index is 14.2. The zero-order chi connectivity index (χ0) is 58.4. The summed E-state index contributed by atoms with van der Waals surface area (Å²) in [7, 11) is 0. The Morgan fingerprint density at radius 3 is 1.68 bits per heavy atom. The third-order valence-electron chi connectivity index (χ3n) is 17.2. The Kier molecular flexibility index (Phi) is 17.8. The van der Waals surface area contributed by atoms with E-state index in [2.05, 4.69) is 78.2 Å². The SMILES string of the molecule is Cc1cn(Cc2cccc(NC(=O)C3CN([C@@H]4c5ccc(Cl)cc5CCc5cccnc54)CCN3)c2)cn1.Cc1cn(Cc2cccc(NC(=O)C3CN([C@@H]4c5ccc(Cl)cc5CCc5cccnc54)CCN3C(=O)OC3CCCCC3)c2)cn1. The lowest BCUT2D eigenvalue weighted by atomic mass is 9.95. The first-order valence-electron chi connectivity index (χ1n) is 29.8. The average molecular weight is 1180 g/mol. The van der Waals surface area contributed by atoms with Crippen molar-refractivity contribution in [3.8, 4) is 0 Å². The van der Waals surface area contributed by atoms with Crippen molar-refractivity contribution in [2.45, 2.75) is 115 Å². The van der Waals surface area contributed by atoms with Crippen molar-refractivity contribution in [2.24, 2.45) is 0 Å². The minimum atomic E-state index is -0.758. The molecule has 6 heterocycles. The summed E-state index contributed by atoms with van der Waals surface area (Å²) in [6.07, 6.45) is 19.4. The van der Waals surface area contributed by atoms with Crippen LogP contribution in [0.4, 0.5) is 16.2 Å². The van der Waals surface area contributed by atoms with E-state index in [-0.39, 0.29) is 36.0 Å². The van der Waals surface area contributed by atoms with E-state index in [4.69, 9.17) is 37.9 Å². The van der Waals surface area contributed by atoms with Crippen LogP contribution in [0.15, 0.2) is 147 Å². The number of amides is 3. The van der Waals surface area contributed by atoms with Gasteiger partial charge in [-0.25, -0.2) is 14.8 Å². The fourth-order valence-corrected chi connectivity index (χ4v) is 13.4. The number of rotatable bonds is 11. The minimum Gasteiger partial charge on any atom is -0.446 e. The molecule has 16 nitrogen and oxygen atoms in total. The first-order valence-corrected chi connectivity index (χ1v) is 30.6. The fourth-order valence-electron chi connectivity index (χ4n) is 13.1. The molecule has 4 atom stereocenters. The molecule has 5 aliphatic rings. The van der Waals surface area contributed by atoms with Gasteiger partial charge in [-0.05, 0) is 170 Å². The average Bonchev–Trinajstić information content (AvgIpc) is 3.93. The highest BCUT2D eigenvalue weighted by Gasteiger charge is 2.42. The molecular weight excluding hydrogens is 1110 g/mol. The predicted molar refractivity (Wildman–Crippen MR) is 331 cm³/mol. The Hall–Kier alpha value is -7.73. The summed E-state index contributed by atoms with van der Waals surface area (Å²) in [5, 5.41) is 11.2. The summed E-state index contributed by atoms with van der Waals surface area (Å²) in [6.45, 7) is 8.69. The molecule has 3 fully saturated rings. The number of imidazole rings is 2. The van der Waals surface area contributed by atoms with Gasteiger partial charge in [0.15, 0.2) is 0 Å². The fraction of sp³-hybridized carbons (Fsp3) is 0.358. The lowest BCUT2D eigenvalue weighted by Crippen LogP contribution is -2.60. The van der Waals surface area contributed by atoms with Gasteiger partial charge >= 0.3 is 6.09 Å². The van der Waals surface area contributed by atoms with Crippen molar-refractivity contribution in [2.75, 3.05) is 49.9 Å². The molecule has 3 aliphatic carbocycles. The number of halogens is 2. The number of carbonyl (C=O) groups excluding carboxylic acids is 3. The highest BCUT2D eigenvalue weighted by atomic mass is 35.5. The molecule has 438 valence electrons. The molecule has 1 saturated carbocycles. The van der Waals surface area contributed by atoms with Crippen LogP contribution in [0.1, 0.15) is 111 Å². The second-order valence-electron chi connectivity index (χ2n) is 23.2. The number of hydrogen-bond acceptors (Lipinski definition) is 11. The second kappa shape index (κ2) is 26.3. The normalized spacial score (nSPS) is 19.8. The summed E-state index contributed by atoms with van der Waals surface area (Å²) in [6, 6.07) is 35.1. The molecular formula is C67H72Cl2N12O4. The van der Waals surface area contributed by atoms with Crippen LogP contribution in [0.3, 0.4) is 0 Å². The lowest BCUT2D eigenvalue weighted by molar-refractivity contribution is -0.123. The number of nitrogens with one attached hydrogen (secondary N) is 3. The third-order valence-corrected chi connectivity index (χ3v) is 17.6. The maximum Gasteiger partial charge on any atom is 0.410 e. The van der Waals surface area contributed by atoms with E-state index < -0.39 is 12.1 Å². The minimum absolute atomic E-state index is 0.0136. The quantitative estimate of drug-likeness (QED) is 0.113. The molecule has 2 saturated heterocycles. The summed E-state index contributed by atoms with van der Waals surface area (Å²) >= 11 is 12.8. The lowest BCUT2D eigenvalue weighted by Gasteiger charge is -2.43. The monoisotopic (exact) mass is 1180 g/mol. The first kappa shape index (κ1) is 57.7. The number of aryl methyl sites for hydroxylation is 6. The van der Waals surface area contributed by atoms with Crippen LogP contribution in [0.5, 0.6) is 0 Å². The number of anilines is 2. The second-order valence-corrected chi connectivity index (χ2v) is 24.1. The van der Waals surface area contributed by atoms with E-state index in [1.165, 1.54) is 34.2 Å². The topological polar surface area (TPSA) is 168 Å². The van der Waals surface area contributed by atoms with Gasteiger partial charge < -0.3 is 29.8 Å². The molecule has 4 aromatic heterocycles. The highest BCUT2D eigenvalue weighted by molar-refractivity contribution is 6.31. The van der Waals surface area contributed by atoms with Crippen LogP contribution in [-0.2, 0) is 53.1 Å². The Balaban J connectivity index is 0.000000171. The highest BCUT2D eigenvalue weighted by Crippen LogP contribution is 2.40. The van der Waals surface area contributed by atoms with Crippen LogP contribution >= 0.6 is 23.2 Å². The van der Waals surface area contributed by atoms with Crippen LogP contribution in [0.2, 0.25) is 10.0 Å². The molecule has 8 aromatic rings. The van der Waals surface area contributed by atoms with E-state index in [9.17, 15) is 14.4 Å². The van der Waals surface area contributed by atoms with Crippen LogP contribution in [0, 0.1) is 13.8 Å². The number of carbonyl (C=O) groups is 3. The Morgan fingerprint density at radius 1 is 0.588 bits per heavy atom. The molecule has 4 aromatic carbocycles. The molecule has 85 heavy (non-hydrogen) atoms. The number of piperazine rings is 2. The van der Waals surface area contributed by atoms with E-state index in [0.29, 0.717) is 50.0 Å². The van der Waals surface area contributed by atoms with Crippen molar-refractivity contribution in [1.82, 2.24) is 49.1 Å². The number of pyridine rings is 2. The summed E-state index contributed by atoms with van der Waals surface area (Å²) < 4.78 is 10.1. The van der Waals surface area contributed by atoms with E-state index in [0.717, 1.165) is 115 Å². The first-order chi connectivity index (χ1) is 41.4. The van der Waals surface area contributed by atoms with Crippen molar-refractivity contribution in [3.05, 3.63) is 224 Å². The molecule has 3 amide bonds. The Morgan fingerprint density at radius 2 is 1.13 bits per heavy atom. The van der Waals surface area contributed by atoms with E-state index in [1.54, 1.807) is 11.2 Å². The molecule has 0 spiro atoms. The van der Waals surface area contributed by atoms with E-state index in [1.807, 2.05) is 121 Å².